The van der Waals surface area contributed by atoms with Crippen molar-refractivity contribution in [3.63, 3.8) is 0 Å². The summed E-state index contributed by atoms with van der Waals surface area (Å²) in [6.07, 6.45) is 12.8. The molecule has 0 aromatic heterocycles. The summed E-state index contributed by atoms with van der Waals surface area (Å²) < 4.78 is 0. The molecule has 7 atom stereocenters. The van der Waals surface area contributed by atoms with Gasteiger partial charge in [-0.2, -0.15) is 0 Å². The highest BCUT2D eigenvalue weighted by atomic mass is 16.2. The van der Waals surface area contributed by atoms with E-state index in [-0.39, 0.29) is 40.1 Å². The third-order valence-electron chi connectivity index (χ3n) is 15.1. The lowest BCUT2D eigenvalue weighted by atomic mass is 9.73. The zero-order valence-corrected chi connectivity index (χ0v) is 33.7. The van der Waals surface area contributed by atoms with E-state index in [4.69, 9.17) is 5.73 Å². The lowest BCUT2D eigenvalue weighted by Crippen LogP contribution is -2.62. The fourth-order valence-corrected chi connectivity index (χ4v) is 11.7. The SMILES string of the molecule is C[C@@H]1CN(C[C@@H](NC(=O)N[C@H](C(=O)N2CC3(C[C@H]2C(=O)NC(CC2CCC2)C(=O)C(N)=O)C(C)(C)C32CCC2)C(C)(C)C)C2CCCCC2)C[C@H](C)N1. The monoisotopic (exact) mass is 740 g/mol. The molecule has 0 bridgehead atoms. The Morgan fingerprint density at radius 3 is 2.00 bits per heavy atom. The lowest BCUT2D eigenvalue weighted by molar-refractivity contribution is -0.143. The van der Waals surface area contributed by atoms with Gasteiger partial charge in [0.25, 0.3) is 5.91 Å². The molecule has 53 heavy (non-hydrogen) atoms. The van der Waals surface area contributed by atoms with Crippen LogP contribution in [0.4, 0.5) is 4.79 Å². The van der Waals surface area contributed by atoms with Crippen LogP contribution in [0.5, 0.6) is 0 Å². The predicted octanol–water partition coefficient (Wildman–Crippen LogP) is 3.86. The Morgan fingerprint density at radius 2 is 1.49 bits per heavy atom. The largest absolute Gasteiger partial charge is 0.363 e. The maximum atomic E-state index is 15.0. The summed E-state index contributed by atoms with van der Waals surface area (Å²) >= 11 is 0. The maximum Gasteiger partial charge on any atom is 0.315 e. The van der Waals surface area contributed by atoms with Gasteiger partial charge in [0.1, 0.15) is 12.1 Å². The van der Waals surface area contributed by atoms with Crippen LogP contribution in [-0.4, -0.2) is 102 Å². The highest BCUT2D eigenvalue weighted by Crippen LogP contribution is 2.88. The average Bonchev–Trinajstić information content (AvgIpc) is 3.25. The molecule has 5 amide bonds. The zero-order chi connectivity index (χ0) is 38.5. The normalized spacial score (nSPS) is 31.5. The predicted molar refractivity (Wildman–Crippen MR) is 204 cm³/mol. The third-order valence-corrected chi connectivity index (χ3v) is 15.1. The number of Topliss-reactive ketones (excluding diaryl/α,β-unsaturated/α-hetero) is 1. The van der Waals surface area contributed by atoms with Crippen molar-refractivity contribution in [2.45, 2.75) is 168 Å². The standard InChI is InChI=1S/C41H69N7O5/c1-25-21-47(22-26(2)43-25)23-30(28-15-9-8-10-16-28)45-37(53)46-33(38(3,4)5)36(52)48-24-41(39(6,7)40(41)17-12-18-40)20-31(48)35(51)44-29(32(49)34(42)50)19-27-13-11-14-27/h25-31,33,43H,8-24H2,1-7H3,(H2,42,50)(H,44,51)(H2,45,46,53)/t25-,26+,29?,30-,31+,33-,41?/m1/s1. The van der Waals surface area contributed by atoms with Crippen molar-refractivity contribution in [3.8, 4) is 0 Å². The number of amides is 5. The minimum atomic E-state index is -1.06. The summed E-state index contributed by atoms with van der Waals surface area (Å²) in [5.41, 5.74) is 4.56. The second-order valence-corrected chi connectivity index (χ2v) is 19.8. The van der Waals surface area contributed by atoms with Gasteiger partial charge in [0.15, 0.2) is 0 Å². The Labute approximate surface area is 317 Å². The molecule has 2 saturated heterocycles. The van der Waals surface area contributed by atoms with Crippen LogP contribution in [0.2, 0.25) is 0 Å². The van der Waals surface area contributed by atoms with E-state index in [0.717, 1.165) is 83.8 Å². The minimum absolute atomic E-state index is 0.0433. The summed E-state index contributed by atoms with van der Waals surface area (Å²) in [5.74, 6) is -1.92. The average molecular weight is 740 g/mol. The molecule has 298 valence electrons. The van der Waals surface area contributed by atoms with Crippen molar-refractivity contribution >= 4 is 29.5 Å². The quantitative estimate of drug-likeness (QED) is 0.190. The summed E-state index contributed by atoms with van der Waals surface area (Å²) in [4.78, 5) is 72.6. The van der Waals surface area contributed by atoms with E-state index in [2.05, 4.69) is 53.9 Å². The van der Waals surface area contributed by atoms with Gasteiger partial charge < -0.3 is 31.9 Å². The van der Waals surface area contributed by atoms with Gasteiger partial charge in [0.2, 0.25) is 17.6 Å². The fraction of sp³-hybridized carbons (Fsp3) is 0.878. The van der Waals surface area contributed by atoms with Crippen LogP contribution in [-0.2, 0) is 19.2 Å². The Morgan fingerprint density at radius 1 is 0.849 bits per heavy atom. The first-order chi connectivity index (χ1) is 24.9. The first kappa shape index (κ1) is 39.9. The molecule has 2 aliphatic heterocycles. The number of carbonyl (C=O) groups excluding carboxylic acids is 5. The molecule has 6 aliphatic rings. The molecule has 0 aromatic carbocycles. The number of likely N-dealkylation sites (tertiary alicyclic amines) is 1. The number of piperazine rings is 1. The summed E-state index contributed by atoms with van der Waals surface area (Å²) in [5, 5.41) is 13.0. The number of ketones is 1. The molecule has 4 saturated carbocycles. The lowest BCUT2D eigenvalue weighted by Gasteiger charge is -2.41. The van der Waals surface area contributed by atoms with Crippen LogP contribution in [0.15, 0.2) is 0 Å². The summed E-state index contributed by atoms with van der Waals surface area (Å²) in [6, 6.07) is -2.38. The Bertz CT molecular complexity index is 1400. The van der Waals surface area contributed by atoms with Crippen LogP contribution in [0.25, 0.3) is 0 Å². The van der Waals surface area contributed by atoms with Crippen LogP contribution in [0, 0.1) is 33.5 Å². The molecule has 6 rings (SSSR count). The molecule has 6 N–H and O–H groups in total. The number of fused-ring (bicyclic) bond motifs is 1. The van der Waals surface area contributed by atoms with E-state index >= 15 is 0 Å². The van der Waals surface area contributed by atoms with Crippen molar-refractivity contribution < 1.29 is 24.0 Å². The smallest absolute Gasteiger partial charge is 0.315 e. The van der Waals surface area contributed by atoms with Gasteiger partial charge in [0, 0.05) is 49.7 Å². The van der Waals surface area contributed by atoms with Crippen molar-refractivity contribution in [1.82, 2.24) is 31.1 Å². The minimum Gasteiger partial charge on any atom is -0.363 e. The van der Waals surface area contributed by atoms with Gasteiger partial charge >= 0.3 is 6.03 Å². The van der Waals surface area contributed by atoms with Gasteiger partial charge in [0.05, 0.1) is 6.04 Å². The molecule has 2 unspecified atom stereocenters. The molecule has 0 radical (unpaired) electrons. The topological polar surface area (TPSA) is 166 Å². The maximum absolute atomic E-state index is 15.0. The number of nitrogens with zero attached hydrogens (tertiary/aromatic N) is 2. The summed E-state index contributed by atoms with van der Waals surface area (Å²) in [6.45, 7) is 17.8. The molecule has 12 heteroatoms. The fourth-order valence-electron chi connectivity index (χ4n) is 11.7. The molecule has 12 nitrogen and oxygen atoms in total. The highest BCUT2D eigenvalue weighted by molar-refractivity contribution is 6.37. The molecule has 6 fully saturated rings. The second kappa shape index (κ2) is 15.1. The molecule has 2 heterocycles. The number of nitrogens with two attached hydrogens (primary N) is 1. The third kappa shape index (κ3) is 7.61. The second-order valence-electron chi connectivity index (χ2n) is 19.8. The van der Waals surface area contributed by atoms with Crippen LogP contribution >= 0.6 is 0 Å². The first-order valence-corrected chi connectivity index (χ1v) is 20.9. The zero-order valence-electron chi connectivity index (χ0n) is 33.7. The number of hydrogen-bond acceptors (Lipinski definition) is 7. The van der Waals surface area contributed by atoms with Crippen molar-refractivity contribution in [2.75, 3.05) is 26.2 Å². The Hall–Kier alpha value is -2.73. The number of hydrogen-bond donors (Lipinski definition) is 5. The molecule has 2 spiro atoms. The molecule has 0 aromatic rings. The first-order valence-electron chi connectivity index (χ1n) is 20.9. The molecular weight excluding hydrogens is 670 g/mol. The van der Waals surface area contributed by atoms with Gasteiger partial charge in [-0.3, -0.25) is 24.1 Å². The van der Waals surface area contributed by atoms with E-state index in [0.29, 0.717) is 37.4 Å². The highest BCUT2D eigenvalue weighted by Gasteiger charge is 2.85. The number of rotatable bonds is 12. The van der Waals surface area contributed by atoms with E-state index in [1.807, 2.05) is 20.8 Å². The van der Waals surface area contributed by atoms with Crippen molar-refractivity contribution in [2.24, 2.45) is 39.2 Å². The van der Waals surface area contributed by atoms with E-state index in [9.17, 15) is 24.0 Å². The van der Waals surface area contributed by atoms with Crippen molar-refractivity contribution in [1.29, 1.82) is 0 Å². The van der Waals surface area contributed by atoms with Gasteiger partial charge in [-0.15, -0.1) is 0 Å². The molecular formula is C41H69N7O5. The van der Waals surface area contributed by atoms with E-state index in [1.165, 1.54) is 6.42 Å². The van der Waals surface area contributed by atoms with Crippen LogP contribution < -0.4 is 27.0 Å². The Balaban J connectivity index is 1.22. The van der Waals surface area contributed by atoms with Crippen LogP contribution in [0.3, 0.4) is 0 Å². The van der Waals surface area contributed by atoms with Gasteiger partial charge in [-0.1, -0.05) is 79.6 Å². The van der Waals surface area contributed by atoms with Gasteiger partial charge in [-0.05, 0) is 80.5 Å². The number of nitrogens with one attached hydrogen (secondary N) is 4. The molecule has 4 aliphatic carbocycles. The summed E-state index contributed by atoms with van der Waals surface area (Å²) in [7, 11) is 0. The van der Waals surface area contributed by atoms with Gasteiger partial charge in [-0.25, -0.2) is 4.79 Å². The van der Waals surface area contributed by atoms with Crippen LogP contribution in [0.1, 0.15) is 132 Å². The van der Waals surface area contributed by atoms with E-state index in [1.54, 1.807) is 4.90 Å². The van der Waals surface area contributed by atoms with E-state index < -0.39 is 41.1 Å². The number of primary amides is 1. The number of urea groups is 1. The number of carbonyl (C=O) groups is 5. The Kier molecular flexibility index (Phi) is 11.4. The van der Waals surface area contributed by atoms with Crippen molar-refractivity contribution in [3.05, 3.63) is 0 Å².